The third-order valence-electron chi connectivity index (χ3n) is 5.19. The van der Waals surface area contributed by atoms with Gasteiger partial charge in [-0.25, -0.2) is 9.67 Å². The van der Waals surface area contributed by atoms with Crippen molar-refractivity contribution in [3.8, 4) is 0 Å². The average Bonchev–Trinajstić information content (AvgIpc) is 3.42. The molecule has 2 fully saturated rings. The molecule has 2 aromatic rings. The first-order valence-electron chi connectivity index (χ1n) is 9.77. The summed E-state index contributed by atoms with van der Waals surface area (Å²) in [6.45, 7) is 2.64. The van der Waals surface area contributed by atoms with E-state index < -0.39 is 0 Å². The molecule has 0 unspecified atom stereocenters. The van der Waals surface area contributed by atoms with Crippen molar-refractivity contribution >= 4 is 5.91 Å². The molecule has 1 aliphatic heterocycles. The van der Waals surface area contributed by atoms with Crippen LogP contribution in [-0.2, 0) is 28.9 Å². The highest BCUT2D eigenvalue weighted by atomic mass is 16.5. The third-order valence-corrected chi connectivity index (χ3v) is 5.19. The van der Waals surface area contributed by atoms with E-state index in [0.29, 0.717) is 44.5 Å². The van der Waals surface area contributed by atoms with Crippen LogP contribution in [0.4, 0.5) is 0 Å². The first-order valence-corrected chi connectivity index (χ1v) is 9.77. The number of amides is 1. The fraction of sp³-hybridized carbons (Fsp3) is 0.550. The highest BCUT2D eigenvalue weighted by molar-refractivity contribution is 5.76. The van der Waals surface area contributed by atoms with E-state index in [0.717, 1.165) is 17.8 Å². The van der Waals surface area contributed by atoms with Crippen molar-refractivity contribution in [2.24, 2.45) is 11.7 Å². The summed E-state index contributed by atoms with van der Waals surface area (Å²) in [5.74, 6) is 2.25. The Bertz CT molecular complexity index is 766. The van der Waals surface area contributed by atoms with Gasteiger partial charge in [-0.2, -0.15) is 5.10 Å². The van der Waals surface area contributed by atoms with Crippen LogP contribution in [0.2, 0.25) is 0 Å². The minimum Gasteiger partial charge on any atom is -0.378 e. The normalized spacial score (nSPS) is 18.5. The standard InChI is InChI=1S/C20H27N5O2/c21-17(12-15-4-2-1-3-5-15)20-22-18(13-16-6-7-16)23-25(20)14-19(26)24-8-10-27-11-9-24/h1-5,16-17H,6-14,21H2/t17-/m1/s1. The number of carbonyl (C=O) groups excluding carboxylic acids is 1. The van der Waals surface area contributed by atoms with Crippen LogP contribution in [0.25, 0.3) is 0 Å². The predicted molar refractivity (Wildman–Crippen MR) is 101 cm³/mol. The van der Waals surface area contributed by atoms with E-state index in [1.54, 1.807) is 4.68 Å². The average molecular weight is 369 g/mol. The van der Waals surface area contributed by atoms with Crippen LogP contribution >= 0.6 is 0 Å². The van der Waals surface area contributed by atoms with Crippen LogP contribution in [0, 0.1) is 5.92 Å². The molecule has 7 nitrogen and oxygen atoms in total. The van der Waals surface area contributed by atoms with Crippen molar-refractivity contribution in [2.75, 3.05) is 26.3 Å². The van der Waals surface area contributed by atoms with E-state index in [1.807, 2.05) is 23.1 Å². The van der Waals surface area contributed by atoms with E-state index in [2.05, 4.69) is 17.2 Å². The summed E-state index contributed by atoms with van der Waals surface area (Å²) >= 11 is 0. The van der Waals surface area contributed by atoms with Crippen molar-refractivity contribution in [1.82, 2.24) is 19.7 Å². The van der Waals surface area contributed by atoms with Gasteiger partial charge in [0.05, 0.1) is 19.3 Å². The van der Waals surface area contributed by atoms with Crippen LogP contribution in [0.5, 0.6) is 0 Å². The summed E-state index contributed by atoms with van der Waals surface area (Å²) in [6.07, 6.45) is 4.04. The lowest BCUT2D eigenvalue weighted by Gasteiger charge is -2.27. The van der Waals surface area contributed by atoms with Gasteiger partial charge < -0.3 is 15.4 Å². The maximum atomic E-state index is 12.7. The molecule has 1 saturated heterocycles. The molecule has 4 rings (SSSR count). The smallest absolute Gasteiger partial charge is 0.244 e. The zero-order valence-electron chi connectivity index (χ0n) is 15.6. The van der Waals surface area contributed by atoms with Gasteiger partial charge in [0, 0.05) is 19.5 Å². The molecule has 0 bridgehead atoms. The Kier molecular flexibility index (Phi) is 5.50. The van der Waals surface area contributed by atoms with E-state index in [9.17, 15) is 4.79 Å². The van der Waals surface area contributed by atoms with Crippen LogP contribution < -0.4 is 5.73 Å². The topological polar surface area (TPSA) is 86.3 Å². The Morgan fingerprint density at radius 1 is 1.22 bits per heavy atom. The number of carbonyl (C=O) groups is 1. The second-order valence-corrected chi connectivity index (χ2v) is 7.48. The fourth-order valence-corrected chi connectivity index (χ4v) is 3.46. The molecule has 1 saturated carbocycles. The SMILES string of the molecule is N[C@H](Cc1ccccc1)c1nc(CC2CC2)nn1CC(=O)N1CCOCC1. The third kappa shape index (κ3) is 4.73. The molecule has 1 atom stereocenters. The zero-order valence-corrected chi connectivity index (χ0v) is 15.6. The molecule has 1 aromatic heterocycles. The Morgan fingerprint density at radius 2 is 1.96 bits per heavy atom. The van der Waals surface area contributed by atoms with Crippen LogP contribution in [0.1, 0.15) is 36.1 Å². The summed E-state index contributed by atoms with van der Waals surface area (Å²) in [4.78, 5) is 19.2. The Morgan fingerprint density at radius 3 is 2.67 bits per heavy atom. The van der Waals surface area contributed by atoms with Crippen LogP contribution in [0.3, 0.4) is 0 Å². The van der Waals surface area contributed by atoms with Crippen molar-refractivity contribution in [3.63, 3.8) is 0 Å². The summed E-state index contributed by atoms with van der Waals surface area (Å²) in [5.41, 5.74) is 7.63. The van der Waals surface area contributed by atoms with Gasteiger partial charge in [0.2, 0.25) is 5.91 Å². The van der Waals surface area contributed by atoms with Gasteiger partial charge in [0.15, 0.2) is 5.82 Å². The fourth-order valence-electron chi connectivity index (χ4n) is 3.46. The van der Waals surface area contributed by atoms with E-state index in [4.69, 9.17) is 15.5 Å². The number of morpholine rings is 1. The highest BCUT2D eigenvalue weighted by Gasteiger charge is 2.27. The maximum absolute atomic E-state index is 12.7. The molecule has 144 valence electrons. The quantitative estimate of drug-likeness (QED) is 0.796. The molecule has 27 heavy (non-hydrogen) atoms. The van der Waals surface area contributed by atoms with Crippen LogP contribution in [-0.4, -0.2) is 51.9 Å². The summed E-state index contributed by atoms with van der Waals surface area (Å²) in [5, 5.41) is 4.63. The van der Waals surface area contributed by atoms with Gasteiger partial charge >= 0.3 is 0 Å². The highest BCUT2D eigenvalue weighted by Crippen LogP contribution is 2.32. The molecule has 2 heterocycles. The first kappa shape index (κ1) is 18.1. The molecule has 0 spiro atoms. The lowest BCUT2D eigenvalue weighted by molar-refractivity contribution is -0.136. The summed E-state index contributed by atoms with van der Waals surface area (Å²) in [7, 11) is 0. The minimum atomic E-state index is -0.287. The van der Waals surface area contributed by atoms with Crippen molar-refractivity contribution in [2.45, 2.75) is 38.3 Å². The lowest BCUT2D eigenvalue weighted by Crippen LogP contribution is -2.42. The number of ether oxygens (including phenoxy) is 1. The Hall–Kier alpha value is -2.25. The van der Waals surface area contributed by atoms with E-state index >= 15 is 0 Å². The van der Waals surface area contributed by atoms with E-state index in [-0.39, 0.29) is 18.5 Å². The molecule has 1 aliphatic carbocycles. The number of nitrogens with zero attached hydrogens (tertiary/aromatic N) is 4. The lowest BCUT2D eigenvalue weighted by atomic mass is 10.1. The molecule has 1 aromatic carbocycles. The zero-order chi connectivity index (χ0) is 18.6. The largest absolute Gasteiger partial charge is 0.378 e. The molecule has 2 aliphatic rings. The predicted octanol–water partition coefficient (Wildman–Crippen LogP) is 1.33. The number of hydrogen-bond acceptors (Lipinski definition) is 5. The maximum Gasteiger partial charge on any atom is 0.244 e. The van der Waals surface area contributed by atoms with Gasteiger partial charge in [0.1, 0.15) is 12.4 Å². The van der Waals surface area contributed by atoms with Crippen molar-refractivity contribution < 1.29 is 9.53 Å². The molecule has 1 amide bonds. The monoisotopic (exact) mass is 369 g/mol. The van der Waals surface area contributed by atoms with Crippen LogP contribution in [0.15, 0.2) is 30.3 Å². The molecular formula is C20H27N5O2. The molecule has 0 radical (unpaired) electrons. The summed E-state index contributed by atoms with van der Waals surface area (Å²) < 4.78 is 7.06. The number of hydrogen-bond donors (Lipinski definition) is 1. The molecular weight excluding hydrogens is 342 g/mol. The van der Waals surface area contributed by atoms with Gasteiger partial charge in [-0.1, -0.05) is 30.3 Å². The van der Waals surface area contributed by atoms with Gasteiger partial charge in [-0.15, -0.1) is 0 Å². The second kappa shape index (κ2) is 8.19. The Labute approximate surface area is 159 Å². The number of aromatic nitrogens is 3. The Balaban J connectivity index is 1.51. The van der Waals surface area contributed by atoms with Gasteiger partial charge in [-0.3, -0.25) is 4.79 Å². The number of benzene rings is 1. The number of rotatable bonds is 7. The first-order chi connectivity index (χ1) is 13.2. The van der Waals surface area contributed by atoms with E-state index in [1.165, 1.54) is 12.8 Å². The second-order valence-electron chi connectivity index (χ2n) is 7.48. The molecule has 2 N–H and O–H groups in total. The van der Waals surface area contributed by atoms with Gasteiger partial charge in [0.25, 0.3) is 0 Å². The van der Waals surface area contributed by atoms with Gasteiger partial charge in [-0.05, 0) is 30.7 Å². The number of nitrogens with two attached hydrogens (primary N) is 1. The van der Waals surface area contributed by atoms with Crippen molar-refractivity contribution in [3.05, 3.63) is 47.5 Å². The summed E-state index contributed by atoms with van der Waals surface area (Å²) in [6, 6.07) is 9.84. The molecule has 7 heteroatoms. The minimum absolute atomic E-state index is 0.0503. The van der Waals surface area contributed by atoms with Crippen molar-refractivity contribution in [1.29, 1.82) is 0 Å².